The molecule has 0 unspecified atom stereocenters. The molecule has 0 radical (unpaired) electrons. The monoisotopic (exact) mass is 471 g/mol. The van der Waals surface area contributed by atoms with Gasteiger partial charge in [-0.2, -0.15) is 0 Å². The van der Waals surface area contributed by atoms with E-state index in [1.807, 2.05) is 18.2 Å². The number of aromatic nitrogens is 1. The number of hydrogen-bond acceptors (Lipinski definition) is 4. The smallest absolute Gasteiger partial charge is 0.243 e. The third-order valence-electron chi connectivity index (χ3n) is 2.99. The number of thioether (sulfide) groups is 1. The van der Waals surface area contributed by atoms with Gasteiger partial charge in [-0.05, 0) is 24.3 Å². The molecule has 6 nitrogen and oxygen atoms in total. The highest BCUT2D eigenvalue weighted by Crippen LogP contribution is 2.15. The van der Waals surface area contributed by atoms with Crippen molar-refractivity contribution in [2.75, 3.05) is 31.2 Å². The Kier molecular flexibility index (Phi) is 10.6. The zero-order valence-corrected chi connectivity index (χ0v) is 17.1. The first kappa shape index (κ1) is 21.2. The van der Waals surface area contributed by atoms with Gasteiger partial charge >= 0.3 is 0 Å². The van der Waals surface area contributed by atoms with Crippen LogP contribution in [0.3, 0.4) is 0 Å². The third kappa shape index (κ3) is 8.73. The van der Waals surface area contributed by atoms with E-state index in [-0.39, 0.29) is 36.4 Å². The average Bonchev–Trinajstić information content (AvgIpc) is 2.63. The molecule has 8 heteroatoms. The maximum atomic E-state index is 11.9. The van der Waals surface area contributed by atoms with Crippen LogP contribution in [0.1, 0.15) is 0 Å². The Morgan fingerprint density at radius 2 is 1.96 bits per heavy atom. The van der Waals surface area contributed by atoms with Crippen LogP contribution in [0.2, 0.25) is 0 Å². The lowest BCUT2D eigenvalue weighted by Crippen LogP contribution is -2.42. The van der Waals surface area contributed by atoms with Crippen LogP contribution in [0.4, 0.5) is 5.69 Å². The van der Waals surface area contributed by atoms with Gasteiger partial charge in [-0.15, -0.1) is 35.7 Å². The lowest BCUT2D eigenvalue weighted by Gasteiger charge is -2.11. The van der Waals surface area contributed by atoms with E-state index in [1.165, 1.54) is 4.90 Å². The molecule has 2 aromatic rings. The zero-order valence-electron chi connectivity index (χ0n) is 13.9. The number of amides is 1. The van der Waals surface area contributed by atoms with Crippen molar-refractivity contribution in [2.24, 2.45) is 4.99 Å². The second-order valence-electron chi connectivity index (χ2n) is 4.80. The van der Waals surface area contributed by atoms with Crippen molar-refractivity contribution < 1.29 is 4.79 Å². The van der Waals surface area contributed by atoms with Crippen molar-refractivity contribution in [1.82, 2.24) is 15.6 Å². The van der Waals surface area contributed by atoms with Gasteiger partial charge in [0.05, 0.1) is 18.4 Å². The van der Waals surface area contributed by atoms with Crippen molar-refractivity contribution in [1.29, 1.82) is 0 Å². The molecule has 0 saturated carbocycles. The summed E-state index contributed by atoms with van der Waals surface area (Å²) in [4.78, 5) is 21.1. The van der Waals surface area contributed by atoms with E-state index in [0.717, 1.165) is 12.3 Å². The maximum absolute atomic E-state index is 11.9. The SMILES string of the molecule is CN=C(NCCSc1ccccc1)NCC(=O)Nc1cccnc1.I. The quantitative estimate of drug-likeness (QED) is 0.190. The van der Waals surface area contributed by atoms with Gasteiger partial charge in [0.25, 0.3) is 0 Å². The second kappa shape index (κ2) is 12.5. The number of benzene rings is 1. The Labute approximate surface area is 169 Å². The summed E-state index contributed by atoms with van der Waals surface area (Å²) in [7, 11) is 1.68. The number of pyridine rings is 1. The number of guanidine groups is 1. The van der Waals surface area contributed by atoms with Crippen molar-refractivity contribution in [3.8, 4) is 0 Å². The first-order valence-electron chi connectivity index (χ1n) is 7.60. The molecule has 0 aliphatic rings. The van der Waals surface area contributed by atoms with Gasteiger partial charge < -0.3 is 16.0 Å². The van der Waals surface area contributed by atoms with E-state index >= 15 is 0 Å². The lowest BCUT2D eigenvalue weighted by atomic mass is 10.4. The van der Waals surface area contributed by atoms with Crippen LogP contribution in [0.5, 0.6) is 0 Å². The minimum absolute atomic E-state index is 0. The number of hydrogen-bond donors (Lipinski definition) is 3. The maximum Gasteiger partial charge on any atom is 0.243 e. The van der Waals surface area contributed by atoms with E-state index in [9.17, 15) is 4.79 Å². The molecule has 0 saturated heterocycles. The predicted octanol–water partition coefficient (Wildman–Crippen LogP) is 2.60. The Hall–Kier alpha value is -1.81. The summed E-state index contributed by atoms with van der Waals surface area (Å²) in [5.41, 5.74) is 0.673. The number of carbonyl (C=O) groups is 1. The van der Waals surface area contributed by atoms with Gasteiger partial charge in [-0.25, -0.2) is 0 Å². The molecule has 0 fully saturated rings. The molecular formula is C17H22IN5OS. The summed E-state index contributed by atoms with van der Waals surface area (Å²) in [6.07, 6.45) is 3.26. The summed E-state index contributed by atoms with van der Waals surface area (Å²) in [5.74, 6) is 1.36. The molecule has 0 bridgehead atoms. The molecule has 0 spiro atoms. The van der Waals surface area contributed by atoms with Gasteiger partial charge in [-0.3, -0.25) is 14.8 Å². The van der Waals surface area contributed by atoms with E-state index in [1.54, 1.807) is 43.3 Å². The molecule has 134 valence electrons. The van der Waals surface area contributed by atoms with Crippen LogP contribution in [0.25, 0.3) is 0 Å². The van der Waals surface area contributed by atoms with Crippen LogP contribution >= 0.6 is 35.7 Å². The highest BCUT2D eigenvalue weighted by Gasteiger charge is 2.04. The van der Waals surface area contributed by atoms with Crippen LogP contribution < -0.4 is 16.0 Å². The van der Waals surface area contributed by atoms with Crippen LogP contribution in [-0.4, -0.2) is 42.7 Å². The summed E-state index contributed by atoms with van der Waals surface area (Å²) < 4.78 is 0. The van der Waals surface area contributed by atoms with Crippen LogP contribution in [0.15, 0.2) is 64.7 Å². The number of nitrogens with zero attached hydrogens (tertiary/aromatic N) is 2. The van der Waals surface area contributed by atoms with Gasteiger partial charge in [-0.1, -0.05) is 18.2 Å². The minimum atomic E-state index is -0.149. The van der Waals surface area contributed by atoms with E-state index in [2.05, 4.69) is 38.1 Å². The molecule has 0 aliphatic carbocycles. The van der Waals surface area contributed by atoms with Gasteiger partial charge in [0.2, 0.25) is 5.91 Å². The molecule has 1 aromatic heterocycles. The predicted molar refractivity (Wildman–Crippen MR) is 115 cm³/mol. The van der Waals surface area contributed by atoms with Gasteiger partial charge in [0.15, 0.2) is 5.96 Å². The fourth-order valence-corrected chi connectivity index (χ4v) is 2.67. The first-order valence-corrected chi connectivity index (χ1v) is 8.59. The van der Waals surface area contributed by atoms with Gasteiger partial charge in [0.1, 0.15) is 0 Å². The number of rotatable bonds is 7. The largest absolute Gasteiger partial charge is 0.356 e. The number of anilines is 1. The van der Waals surface area contributed by atoms with Gasteiger partial charge in [0, 0.05) is 30.4 Å². The Balaban J connectivity index is 0.00000312. The summed E-state index contributed by atoms with van der Waals surface area (Å²) in [5, 5.41) is 8.93. The van der Waals surface area contributed by atoms with Crippen LogP contribution in [-0.2, 0) is 4.79 Å². The highest BCUT2D eigenvalue weighted by molar-refractivity contribution is 14.0. The number of aliphatic imine (C=N–C) groups is 1. The lowest BCUT2D eigenvalue weighted by molar-refractivity contribution is -0.115. The van der Waals surface area contributed by atoms with E-state index in [4.69, 9.17) is 0 Å². The molecular weight excluding hydrogens is 449 g/mol. The van der Waals surface area contributed by atoms with Crippen molar-refractivity contribution in [2.45, 2.75) is 4.90 Å². The molecule has 2 rings (SSSR count). The highest BCUT2D eigenvalue weighted by atomic mass is 127. The first-order chi connectivity index (χ1) is 11.8. The molecule has 1 amide bonds. The van der Waals surface area contributed by atoms with Crippen molar-refractivity contribution >= 4 is 53.3 Å². The fourth-order valence-electron chi connectivity index (χ4n) is 1.88. The Morgan fingerprint density at radius 3 is 2.64 bits per heavy atom. The summed E-state index contributed by atoms with van der Waals surface area (Å²) >= 11 is 1.77. The second-order valence-corrected chi connectivity index (χ2v) is 5.97. The van der Waals surface area contributed by atoms with Crippen molar-refractivity contribution in [3.63, 3.8) is 0 Å². The number of halogens is 1. The summed E-state index contributed by atoms with van der Waals surface area (Å²) in [6.45, 7) is 0.893. The van der Waals surface area contributed by atoms with Crippen LogP contribution in [0, 0.1) is 0 Å². The summed E-state index contributed by atoms with van der Waals surface area (Å²) in [6, 6.07) is 13.8. The zero-order chi connectivity index (χ0) is 17.0. The standard InChI is InChI=1S/C17H21N5OS.HI/c1-18-17(20-10-11-24-15-7-3-2-4-8-15)21-13-16(23)22-14-6-5-9-19-12-14;/h2-9,12H,10-11,13H2,1H3,(H,22,23)(H2,18,20,21);1H. The Bertz CT molecular complexity index is 655. The topological polar surface area (TPSA) is 78.4 Å². The average molecular weight is 471 g/mol. The van der Waals surface area contributed by atoms with E-state index < -0.39 is 0 Å². The molecule has 0 atom stereocenters. The molecule has 25 heavy (non-hydrogen) atoms. The number of nitrogens with one attached hydrogen (secondary N) is 3. The minimum Gasteiger partial charge on any atom is -0.356 e. The van der Waals surface area contributed by atoms with Crippen molar-refractivity contribution in [3.05, 3.63) is 54.9 Å². The normalized spacial score (nSPS) is 10.5. The Morgan fingerprint density at radius 1 is 1.16 bits per heavy atom. The molecule has 1 aromatic carbocycles. The molecule has 0 aliphatic heterocycles. The third-order valence-corrected chi connectivity index (χ3v) is 4.01. The number of carbonyl (C=O) groups excluding carboxylic acids is 1. The van der Waals surface area contributed by atoms with E-state index in [0.29, 0.717) is 11.6 Å². The fraction of sp³-hybridized carbons (Fsp3) is 0.235. The molecule has 3 N–H and O–H groups in total. The molecule has 1 heterocycles.